The number of allylic oxidation sites excluding steroid dienone is 2. The average Bonchev–Trinajstić information content (AvgIpc) is 3.62. The molecule has 3 aromatic rings. The topological polar surface area (TPSA) is 55.8 Å². The summed E-state index contributed by atoms with van der Waals surface area (Å²) in [5.41, 5.74) is 6.80. The van der Waals surface area contributed by atoms with Crippen LogP contribution in [-0.2, 0) is 23.2 Å². The molecule has 0 amide bonds. The van der Waals surface area contributed by atoms with E-state index in [0.717, 1.165) is 72.9 Å². The van der Waals surface area contributed by atoms with E-state index in [1.54, 1.807) is 19.2 Å². The molecule has 3 aliphatic rings. The number of halogens is 1. The second-order valence-electron chi connectivity index (χ2n) is 12.3. The number of carbonyl (C=O) groups is 1. The minimum Gasteiger partial charge on any atom is -0.497 e. The largest absolute Gasteiger partial charge is 0.497 e. The monoisotopic (exact) mass is 540 g/mol. The van der Waals surface area contributed by atoms with Gasteiger partial charge in [-0.25, -0.2) is 4.39 Å². The Balaban J connectivity index is 1.32. The number of aliphatic carboxylic acids is 1. The van der Waals surface area contributed by atoms with E-state index in [0.29, 0.717) is 17.9 Å². The van der Waals surface area contributed by atoms with Gasteiger partial charge in [-0.05, 0) is 114 Å². The lowest BCUT2D eigenvalue weighted by molar-refractivity contribution is -0.139. The van der Waals surface area contributed by atoms with E-state index in [1.165, 1.54) is 17.2 Å². The molecule has 40 heavy (non-hydrogen) atoms. The van der Waals surface area contributed by atoms with Gasteiger partial charge < -0.3 is 14.6 Å². The van der Waals surface area contributed by atoms with Crippen LogP contribution >= 0.6 is 0 Å². The Morgan fingerprint density at radius 2 is 1.80 bits per heavy atom. The third kappa shape index (κ3) is 4.70. The first-order valence-electron chi connectivity index (χ1n) is 14.4. The van der Waals surface area contributed by atoms with Crippen molar-refractivity contribution in [2.75, 3.05) is 7.11 Å². The Bertz CT molecular complexity index is 1500. The number of fused-ring (bicyclic) bond motifs is 2. The molecule has 1 saturated carbocycles. The Morgan fingerprint density at radius 1 is 0.975 bits per heavy atom. The Morgan fingerprint density at radius 3 is 2.52 bits per heavy atom. The molecule has 4 nitrogen and oxygen atoms in total. The van der Waals surface area contributed by atoms with Gasteiger partial charge >= 0.3 is 5.97 Å². The molecule has 2 atom stereocenters. The number of hydrogen-bond donors (Lipinski definition) is 1. The number of carboxylic acid groups (broad SMARTS) is 1. The summed E-state index contributed by atoms with van der Waals surface area (Å²) >= 11 is 0. The zero-order chi connectivity index (χ0) is 28.1. The van der Waals surface area contributed by atoms with Gasteiger partial charge in [0, 0.05) is 11.0 Å². The molecule has 0 radical (unpaired) electrons. The van der Waals surface area contributed by atoms with Crippen LogP contribution in [0.3, 0.4) is 0 Å². The molecule has 1 N–H and O–H groups in total. The number of aryl methyl sites for hydroxylation is 1. The third-order valence-corrected chi connectivity index (χ3v) is 9.40. The second-order valence-corrected chi connectivity index (χ2v) is 12.3. The van der Waals surface area contributed by atoms with Crippen molar-refractivity contribution >= 4 is 11.5 Å². The van der Waals surface area contributed by atoms with Crippen LogP contribution in [0.5, 0.6) is 11.5 Å². The van der Waals surface area contributed by atoms with Crippen molar-refractivity contribution in [1.29, 1.82) is 0 Å². The highest BCUT2D eigenvalue weighted by molar-refractivity contribution is 5.85. The molecule has 0 saturated heterocycles. The van der Waals surface area contributed by atoms with Crippen molar-refractivity contribution in [2.24, 2.45) is 11.3 Å². The van der Waals surface area contributed by atoms with Crippen molar-refractivity contribution in [3.05, 3.63) is 88.7 Å². The summed E-state index contributed by atoms with van der Waals surface area (Å²) in [7, 11) is 1.59. The molecule has 0 unspecified atom stereocenters. The lowest BCUT2D eigenvalue weighted by atomic mass is 9.79. The van der Waals surface area contributed by atoms with Gasteiger partial charge in [0.1, 0.15) is 23.9 Å². The summed E-state index contributed by atoms with van der Waals surface area (Å²) < 4.78 is 26.8. The molecule has 3 aromatic carbocycles. The van der Waals surface area contributed by atoms with E-state index in [1.807, 2.05) is 18.2 Å². The van der Waals surface area contributed by atoms with Crippen molar-refractivity contribution in [1.82, 2.24) is 0 Å². The summed E-state index contributed by atoms with van der Waals surface area (Å²) in [5, 5.41) is 9.75. The quantitative estimate of drug-likeness (QED) is 0.327. The first kappa shape index (κ1) is 26.6. The summed E-state index contributed by atoms with van der Waals surface area (Å²) in [6, 6.07) is 17.2. The molecule has 5 heteroatoms. The van der Waals surface area contributed by atoms with Crippen LogP contribution in [0.2, 0.25) is 0 Å². The van der Waals surface area contributed by atoms with E-state index >= 15 is 4.39 Å². The van der Waals surface area contributed by atoms with Crippen LogP contribution < -0.4 is 9.47 Å². The van der Waals surface area contributed by atoms with E-state index in [2.05, 4.69) is 38.1 Å². The molecule has 0 aliphatic heterocycles. The van der Waals surface area contributed by atoms with E-state index in [9.17, 15) is 9.90 Å². The van der Waals surface area contributed by atoms with Crippen LogP contribution in [-0.4, -0.2) is 18.2 Å². The standard InChI is InChI=1S/C35H37FO4/c1-34(2)15-6-8-29(34)27-17-22(9-13-26(27)28-18-24(39-3)12-14-32(28)36)21-40-25-11-10-23-7-4-5-16-35(30(23)19-25)20-31(35)33(37)38/h8-14,17-19,31H,4-7,15-16,20-21H2,1-3H3,(H,37,38)/t31-,35+/m1/s1. The fourth-order valence-electron chi connectivity index (χ4n) is 7.03. The van der Waals surface area contributed by atoms with E-state index in [4.69, 9.17) is 9.47 Å². The number of carboxylic acids is 1. The number of hydrogen-bond acceptors (Lipinski definition) is 3. The summed E-state index contributed by atoms with van der Waals surface area (Å²) in [4.78, 5) is 11.9. The lowest BCUT2D eigenvalue weighted by Crippen LogP contribution is -2.16. The molecule has 0 heterocycles. The summed E-state index contributed by atoms with van der Waals surface area (Å²) in [6.45, 7) is 4.86. The third-order valence-electron chi connectivity index (χ3n) is 9.40. The Labute approximate surface area is 235 Å². The highest BCUT2D eigenvalue weighted by Gasteiger charge is 2.60. The number of rotatable bonds is 7. The van der Waals surface area contributed by atoms with Crippen LogP contribution in [0.4, 0.5) is 4.39 Å². The van der Waals surface area contributed by atoms with Gasteiger partial charge in [0.15, 0.2) is 0 Å². The SMILES string of the molecule is COc1ccc(F)c(-c2ccc(COc3ccc4c(c3)[C@]3(CCCC4)C[C@@H]3C(=O)O)cc2C2=CCCC2(C)C)c1. The van der Waals surface area contributed by atoms with Crippen molar-refractivity contribution in [3.63, 3.8) is 0 Å². The molecule has 6 rings (SSSR count). The fourth-order valence-corrected chi connectivity index (χ4v) is 7.03. The van der Waals surface area contributed by atoms with Gasteiger partial charge in [-0.3, -0.25) is 4.79 Å². The molecule has 1 spiro atoms. The van der Waals surface area contributed by atoms with Crippen LogP contribution in [0.15, 0.2) is 60.7 Å². The van der Waals surface area contributed by atoms with Gasteiger partial charge in [-0.1, -0.05) is 44.5 Å². The zero-order valence-electron chi connectivity index (χ0n) is 23.6. The van der Waals surface area contributed by atoms with Crippen LogP contribution in [0.1, 0.15) is 74.6 Å². The highest BCUT2D eigenvalue weighted by atomic mass is 19.1. The van der Waals surface area contributed by atoms with Crippen molar-refractivity contribution < 1.29 is 23.8 Å². The van der Waals surface area contributed by atoms with Gasteiger partial charge in [0.25, 0.3) is 0 Å². The predicted molar refractivity (Wildman–Crippen MR) is 155 cm³/mol. The number of methoxy groups -OCH3 is 1. The molecule has 0 bridgehead atoms. The van der Waals surface area contributed by atoms with E-state index < -0.39 is 5.97 Å². The molecular formula is C35H37FO4. The van der Waals surface area contributed by atoms with Gasteiger partial charge in [0.05, 0.1) is 13.0 Å². The number of ether oxygens (including phenoxy) is 2. The first-order valence-corrected chi connectivity index (χ1v) is 14.4. The minimum absolute atomic E-state index is 0.0140. The molecular weight excluding hydrogens is 503 g/mol. The van der Waals surface area contributed by atoms with Gasteiger partial charge in [-0.15, -0.1) is 0 Å². The predicted octanol–water partition coefficient (Wildman–Crippen LogP) is 8.35. The average molecular weight is 541 g/mol. The Kier molecular flexibility index (Phi) is 6.72. The smallest absolute Gasteiger partial charge is 0.307 e. The van der Waals surface area contributed by atoms with Crippen LogP contribution in [0, 0.1) is 17.2 Å². The number of benzene rings is 3. The first-order chi connectivity index (χ1) is 19.2. The Hall–Kier alpha value is -3.60. The molecule has 1 fully saturated rings. The van der Waals surface area contributed by atoms with E-state index in [-0.39, 0.29) is 22.6 Å². The van der Waals surface area contributed by atoms with Crippen molar-refractivity contribution in [2.45, 2.75) is 70.8 Å². The fraction of sp³-hybridized carbons (Fsp3) is 0.400. The molecule has 208 valence electrons. The maximum atomic E-state index is 15.1. The van der Waals surface area contributed by atoms with Crippen LogP contribution in [0.25, 0.3) is 16.7 Å². The second kappa shape index (κ2) is 10.1. The molecule has 0 aromatic heterocycles. The van der Waals surface area contributed by atoms with Gasteiger partial charge in [0.2, 0.25) is 0 Å². The minimum atomic E-state index is -0.691. The van der Waals surface area contributed by atoms with Gasteiger partial charge in [-0.2, -0.15) is 0 Å². The van der Waals surface area contributed by atoms with Crippen molar-refractivity contribution in [3.8, 4) is 22.6 Å². The zero-order valence-corrected chi connectivity index (χ0v) is 23.6. The summed E-state index contributed by atoms with van der Waals surface area (Å²) in [6.07, 6.45) is 9.11. The highest BCUT2D eigenvalue weighted by Crippen LogP contribution is 2.60. The molecule has 3 aliphatic carbocycles. The maximum absolute atomic E-state index is 15.1. The normalized spacial score (nSPS) is 22.8. The summed E-state index contributed by atoms with van der Waals surface area (Å²) in [5.74, 6) is 0.122. The maximum Gasteiger partial charge on any atom is 0.307 e. The lowest BCUT2D eigenvalue weighted by Gasteiger charge is -2.25.